The molecule has 2 N–H and O–H groups in total. The highest BCUT2D eigenvalue weighted by Crippen LogP contribution is 2.22. The average molecular weight is 263 g/mol. The Balaban J connectivity index is 1.81. The number of methoxy groups -OCH3 is 1. The van der Waals surface area contributed by atoms with E-state index in [1.54, 1.807) is 7.11 Å². The number of anilines is 1. The molecule has 0 unspecified atom stereocenters. The van der Waals surface area contributed by atoms with Crippen molar-refractivity contribution in [2.45, 2.75) is 13.3 Å². The van der Waals surface area contributed by atoms with Gasteiger partial charge in [-0.05, 0) is 30.2 Å². The highest BCUT2D eigenvalue weighted by molar-refractivity contribution is 5.51. The van der Waals surface area contributed by atoms with Crippen LogP contribution in [-0.2, 0) is 6.42 Å². The van der Waals surface area contributed by atoms with Crippen LogP contribution in [0.25, 0.3) is 0 Å². The van der Waals surface area contributed by atoms with Gasteiger partial charge in [-0.1, -0.05) is 6.92 Å². The van der Waals surface area contributed by atoms with Gasteiger partial charge in [0.2, 0.25) is 0 Å². The molecule has 1 aromatic rings. The molecule has 0 spiro atoms. The molecule has 1 aliphatic rings. The van der Waals surface area contributed by atoms with Gasteiger partial charge in [-0.15, -0.1) is 0 Å². The first-order valence-electron chi connectivity index (χ1n) is 7.17. The minimum Gasteiger partial charge on any atom is -0.496 e. The van der Waals surface area contributed by atoms with Gasteiger partial charge in [-0.25, -0.2) is 0 Å². The zero-order chi connectivity index (χ0) is 13.5. The normalized spacial score (nSPS) is 16.3. The summed E-state index contributed by atoms with van der Waals surface area (Å²) in [4.78, 5) is 2.49. The molecule has 0 aliphatic carbocycles. The number of ether oxygens (including phenoxy) is 1. The summed E-state index contributed by atoms with van der Waals surface area (Å²) >= 11 is 0. The molecule has 0 radical (unpaired) electrons. The lowest BCUT2D eigenvalue weighted by atomic mass is 10.1. The Morgan fingerprint density at radius 3 is 2.79 bits per heavy atom. The van der Waals surface area contributed by atoms with E-state index in [0.717, 1.165) is 51.4 Å². The van der Waals surface area contributed by atoms with Gasteiger partial charge < -0.3 is 15.4 Å². The molecule has 1 fully saturated rings. The van der Waals surface area contributed by atoms with Crippen LogP contribution < -0.4 is 15.4 Å². The van der Waals surface area contributed by atoms with Gasteiger partial charge in [-0.2, -0.15) is 0 Å². The Morgan fingerprint density at radius 2 is 2.11 bits per heavy atom. The van der Waals surface area contributed by atoms with Gasteiger partial charge in [-0.3, -0.25) is 4.90 Å². The molecule has 0 atom stereocenters. The van der Waals surface area contributed by atoms with Crippen LogP contribution in [0.15, 0.2) is 18.2 Å². The van der Waals surface area contributed by atoms with Gasteiger partial charge in [0.1, 0.15) is 5.75 Å². The van der Waals surface area contributed by atoms with Crippen LogP contribution in [0.3, 0.4) is 0 Å². The molecule has 19 heavy (non-hydrogen) atoms. The number of rotatable bonds is 6. The maximum absolute atomic E-state index is 5.35. The van der Waals surface area contributed by atoms with Crippen molar-refractivity contribution in [2.75, 3.05) is 51.7 Å². The molecule has 0 amide bonds. The number of nitrogens with one attached hydrogen (secondary N) is 2. The van der Waals surface area contributed by atoms with Crippen molar-refractivity contribution in [3.05, 3.63) is 23.8 Å². The number of benzene rings is 1. The Labute approximate surface area is 116 Å². The highest BCUT2D eigenvalue weighted by atomic mass is 16.5. The van der Waals surface area contributed by atoms with E-state index in [-0.39, 0.29) is 0 Å². The smallest absolute Gasteiger partial charge is 0.122 e. The molecule has 106 valence electrons. The van der Waals surface area contributed by atoms with Crippen molar-refractivity contribution in [1.82, 2.24) is 10.2 Å². The zero-order valence-electron chi connectivity index (χ0n) is 12.0. The van der Waals surface area contributed by atoms with E-state index in [1.165, 1.54) is 11.3 Å². The van der Waals surface area contributed by atoms with Crippen LogP contribution in [0.1, 0.15) is 12.5 Å². The number of hydrogen-bond acceptors (Lipinski definition) is 4. The summed E-state index contributed by atoms with van der Waals surface area (Å²) in [7, 11) is 1.73. The first-order valence-corrected chi connectivity index (χ1v) is 7.17. The lowest BCUT2D eigenvalue weighted by Crippen LogP contribution is -2.45. The summed E-state index contributed by atoms with van der Waals surface area (Å²) in [5.74, 6) is 0.982. The highest BCUT2D eigenvalue weighted by Gasteiger charge is 2.08. The SMILES string of the molecule is CCc1cc(NCCN2CCNCC2)ccc1OC. The maximum atomic E-state index is 5.35. The molecule has 0 aromatic heterocycles. The Bertz CT molecular complexity index is 389. The van der Waals surface area contributed by atoms with Crippen molar-refractivity contribution in [3.63, 3.8) is 0 Å². The second-order valence-electron chi connectivity index (χ2n) is 4.90. The summed E-state index contributed by atoms with van der Waals surface area (Å²) < 4.78 is 5.35. The van der Waals surface area contributed by atoms with Crippen LogP contribution in [0.4, 0.5) is 5.69 Å². The maximum Gasteiger partial charge on any atom is 0.122 e. The fraction of sp³-hybridized carbons (Fsp3) is 0.600. The largest absolute Gasteiger partial charge is 0.496 e. The summed E-state index contributed by atoms with van der Waals surface area (Å²) in [6.45, 7) is 8.80. The monoisotopic (exact) mass is 263 g/mol. The molecular weight excluding hydrogens is 238 g/mol. The van der Waals surface area contributed by atoms with Crippen molar-refractivity contribution in [2.24, 2.45) is 0 Å². The summed E-state index contributed by atoms with van der Waals surface area (Å²) in [6.07, 6.45) is 0.997. The van der Waals surface area contributed by atoms with Gasteiger partial charge in [0.25, 0.3) is 0 Å². The molecular formula is C15H25N3O. The average Bonchev–Trinajstić information content (AvgIpc) is 2.48. The Morgan fingerprint density at radius 1 is 1.32 bits per heavy atom. The zero-order valence-corrected chi connectivity index (χ0v) is 12.0. The molecule has 2 rings (SSSR count). The van der Waals surface area contributed by atoms with Crippen LogP contribution in [0, 0.1) is 0 Å². The predicted octanol–water partition coefficient (Wildman–Crippen LogP) is 1.57. The van der Waals surface area contributed by atoms with Gasteiger partial charge >= 0.3 is 0 Å². The van der Waals surface area contributed by atoms with Gasteiger partial charge in [0.05, 0.1) is 7.11 Å². The second-order valence-corrected chi connectivity index (χ2v) is 4.90. The minimum absolute atomic E-state index is 0.982. The van der Waals surface area contributed by atoms with E-state index in [4.69, 9.17) is 4.74 Å². The van der Waals surface area contributed by atoms with E-state index in [1.807, 2.05) is 6.07 Å². The summed E-state index contributed by atoms with van der Waals surface area (Å²) in [6, 6.07) is 6.33. The van der Waals surface area contributed by atoms with E-state index >= 15 is 0 Å². The summed E-state index contributed by atoms with van der Waals surface area (Å²) in [5.41, 5.74) is 2.45. The van der Waals surface area contributed by atoms with Gasteiger partial charge in [0, 0.05) is 45.0 Å². The topological polar surface area (TPSA) is 36.5 Å². The third kappa shape index (κ3) is 4.11. The molecule has 1 heterocycles. The molecule has 1 aliphatic heterocycles. The molecule has 1 saturated heterocycles. The number of hydrogen-bond donors (Lipinski definition) is 2. The lowest BCUT2D eigenvalue weighted by Gasteiger charge is -2.27. The first-order chi connectivity index (χ1) is 9.33. The van der Waals surface area contributed by atoms with Crippen LogP contribution in [0.5, 0.6) is 5.75 Å². The Kier molecular flexibility index (Phi) is 5.48. The third-order valence-electron chi connectivity index (χ3n) is 3.63. The van der Waals surface area contributed by atoms with Crippen molar-refractivity contribution >= 4 is 5.69 Å². The molecule has 0 bridgehead atoms. The molecule has 4 heteroatoms. The summed E-state index contributed by atoms with van der Waals surface area (Å²) in [5, 5.41) is 6.87. The quantitative estimate of drug-likeness (QED) is 0.817. The molecule has 0 saturated carbocycles. The van der Waals surface area contributed by atoms with Crippen LogP contribution in [-0.4, -0.2) is 51.3 Å². The Hall–Kier alpha value is -1.26. The minimum atomic E-state index is 0.982. The van der Waals surface area contributed by atoms with E-state index < -0.39 is 0 Å². The standard InChI is InChI=1S/C15H25N3O/c1-3-13-12-14(4-5-15(13)19-2)17-8-11-18-9-6-16-7-10-18/h4-5,12,16-17H,3,6-11H2,1-2H3. The fourth-order valence-electron chi connectivity index (χ4n) is 2.46. The third-order valence-corrected chi connectivity index (χ3v) is 3.63. The number of aryl methyl sites for hydroxylation is 1. The number of piperazine rings is 1. The molecule has 4 nitrogen and oxygen atoms in total. The van der Waals surface area contributed by atoms with E-state index in [0.29, 0.717) is 0 Å². The van der Waals surface area contributed by atoms with Crippen LogP contribution in [0.2, 0.25) is 0 Å². The predicted molar refractivity (Wildman–Crippen MR) is 80.2 cm³/mol. The van der Waals surface area contributed by atoms with Crippen LogP contribution >= 0.6 is 0 Å². The van der Waals surface area contributed by atoms with Crippen molar-refractivity contribution < 1.29 is 4.74 Å². The van der Waals surface area contributed by atoms with Crippen molar-refractivity contribution in [1.29, 1.82) is 0 Å². The van der Waals surface area contributed by atoms with E-state index in [2.05, 4.69) is 34.6 Å². The van der Waals surface area contributed by atoms with Crippen molar-refractivity contribution in [3.8, 4) is 5.75 Å². The molecule has 1 aromatic carbocycles. The van der Waals surface area contributed by atoms with E-state index in [9.17, 15) is 0 Å². The second kappa shape index (κ2) is 7.36. The number of nitrogens with zero attached hydrogens (tertiary/aromatic N) is 1. The fourth-order valence-corrected chi connectivity index (χ4v) is 2.46. The first kappa shape index (κ1) is 14.2. The lowest BCUT2D eigenvalue weighted by molar-refractivity contribution is 0.249. The van der Waals surface area contributed by atoms with Gasteiger partial charge in [0.15, 0.2) is 0 Å².